The first-order valence-electron chi connectivity index (χ1n) is 25.3. The van der Waals surface area contributed by atoms with Gasteiger partial charge in [0.1, 0.15) is 13.2 Å². The van der Waals surface area contributed by atoms with E-state index in [2.05, 4.69) is 81.5 Å². The smallest absolute Gasteiger partial charge is 0.306 e. The highest BCUT2D eigenvalue weighted by Gasteiger charge is 2.19. The first kappa shape index (κ1) is 57.1. The topological polar surface area (TPSA) is 78.9 Å². The molecule has 6 heteroatoms. The largest absolute Gasteiger partial charge is 0.462 e. The lowest BCUT2D eigenvalue weighted by Crippen LogP contribution is -2.30. The Morgan fingerprint density at radius 1 is 0.333 bits per heavy atom. The summed E-state index contributed by atoms with van der Waals surface area (Å²) in [5, 5.41) is 0. The molecule has 0 aromatic carbocycles. The summed E-state index contributed by atoms with van der Waals surface area (Å²) in [4.78, 5) is 37.9. The average Bonchev–Trinajstić information content (AvgIpc) is 3.24. The predicted molar refractivity (Wildman–Crippen MR) is 256 cm³/mol. The zero-order valence-electron chi connectivity index (χ0n) is 39.5. The van der Waals surface area contributed by atoms with Crippen LogP contribution in [-0.4, -0.2) is 37.2 Å². The van der Waals surface area contributed by atoms with Crippen LogP contribution in [-0.2, 0) is 28.6 Å². The second-order valence-electron chi connectivity index (χ2n) is 16.7. The maximum absolute atomic E-state index is 12.7. The molecule has 1 atom stereocenters. The molecule has 0 radical (unpaired) electrons. The molecule has 0 saturated heterocycles. The van der Waals surface area contributed by atoms with Crippen LogP contribution < -0.4 is 0 Å². The fourth-order valence-corrected chi connectivity index (χ4v) is 6.88. The van der Waals surface area contributed by atoms with Crippen molar-refractivity contribution >= 4 is 17.9 Å². The summed E-state index contributed by atoms with van der Waals surface area (Å²) in [6.45, 7) is 6.53. The normalized spacial score (nSPS) is 12.5. The van der Waals surface area contributed by atoms with Crippen LogP contribution in [0.2, 0.25) is 0 Å². The van der Waals surface area contributed by atoms with E-state index in [0.717, 1.165) is 96.3 Å². The van der Waals surface area contributed by atoms with Gasteiger partial charge in [-0.15, -0.1) is 0 Å². The molecule has 0 heterocycles. The molecule has 0 bridgehead atoms. The van der Waals surface area contributed by atoms with Gasteiger partial charge in [-0.05, 0) is 83.5 Å². The molecule has 0 aromatic heterocycles. The van der Waals surface area contributed by atoms with Crippen molar-refractivity contribution in [3.8, 4) is 0 Å². The summed E-state index contributed by atoms with van der Waals surface area (Å²) in [7, 11) is 0. The molecule has 0 saturated carbocycles. The lowest BCUT2D eigenvalue weighted by Gasteiger charge is -2.18. The van der Waals surface area contributed by atoms with Gasteiger partial charge >= 0.3 is 17.9 Å². The van der Waals surface area contributed by atoms with Crippen LogP contribution in [0, 0.1) is 0 Å². The van der Waals surface area contributed by atoms with Gasteiger partial charge in [-0.25, -0.2) is 0 Å². The van der Waals surface area contributed by atoms with Crippen LogP contribution in [0.25, 0.3) is 0 Å². The Morgan fingerprint density at radius 2 is 0.617 bits per heavy atom. The average molecular weight is 839 g/mol. The lowest BCUT2D eigenvalue weighted by molar-refractivity contribution is -0.167. The number of carbonyl (C=O) groups excluding carboxylic acids is 3. The summed E-state index contributed by atoms with van der Waals surface area (Å²) in [5.74, 6) is -0.926. The van der Waals surface area contributed by atoms with Gasteiger partial charge in [0.25, 0.3) is 0 Å². The first-order valence-corrected chi connectivity index (χ1v) is 25.3. The molecule has 0 aliphatic rings. The Kier molecular flexibility index (Phi) is 46.4. The Bertz CT molecular complexity index is 1100. The Balaban J connectivity index is 4.40. The summed E-state index contributed by atoms with van der Waals surface area (Å²) in [5.41, 5.74) is 0. The highest BCUT2D eigenvalue weighted by Crippen LogP contribution is 2.14. The van der Waals surface area contributed by atoms with Gasteiger partial charge in [-0.3, -0.25) is 14.4 Å². The van der Waals surface area contributed by atoms with Gasteiger partial charge < -0.3 is 14.2 Å². The SMILES string of the molecule is CCCC/C=C\CCCCCCCC(=O)O[C@H](COC(=O)CCCCC/C=C\C/C=C\C/C=C\C/C=C\CCCCC)COC(=O)CCCCCCCCCCCCCC. The molecule has 0 rings (SSSR count). The van der Waals surface area contributed by atoms with E-state index in [1.165, 1.54) is 109 Å². The van der Waals surface area contributed by atoms with Crippen molar-refractivity contribution < 1.29 is 28.6 Å². The van der Waals surface area contributed by atoms with Crippen molar-refractivity contribution in [3.63, 3.8) is 0 Å². The summed E-state index contributed by atoms with van der Waals surface area (Å²) < 4.78 is 16.7. The third kappa shape index (κ3) is 46.2. The van der Waals surface area contributed by atoms with Gasteiger partial charge in [0.15, 0.2) is 6.10 Å². The minimum absolute atomic E-state index is 0.0864. The van der Waals surface area contributed by atoms with Gasteiger partial charge in [0.2, 0.25) is 0 Å². The second-order valence-corrected chi connectivity index (χ2v) is 16.7. The second kappa shape index (κ2) is 48.8. The quantitative estimate of drug-likeness (QED) is 0.0263. The standard InChI is InChI=1S/C54H94O6/c1-4-7-10-13-16-19-22-24-25-26-27-28-29-30-33-35-38-41-44-47-53(56)59-50-51(60-54(57)48-45-42-39-36-31-21-18-15-12-9-6-3)49-58-52(55)46-43-40-37-34-32-23-20-17-14-11-8-5-2/h15-16,18-19,24-25,27-28,30,33,51H,4-14,17,20-23,26,29,31-32,34-50H2,1-3H3/b18-15-,19-16-,25-24-,28-27-,33-30-/t51-/m0/s1. The van der Waals surface area contributed by atoms with Gasteiger partial charge in [0.05, 0.1) is 0 Å². The molecule has 0 amide bonds. The van der Waals surface area contributed by atoms with E-state index in [-0.39, 0.29) is 31.1 Å². The van der Waals surface area contributed by atoms with Crippen LogP contribution in [0.15, 0.2) is 60.8 Å². The maximum Gasteiger partial charge on any atom is 0.306 e. The van der Waals surface area contributed by atoms with Crippen LogP contribution in [0.5, 0.6) is 0 Å². The molecule has 0 spiro atoms. The van der Waals surface area contributed by atoms with Crippen molar-refractivity contribution in [2.24, 2.45) is 0 Å². The fourth-order valence-electron chi connectivity index (χ4n) is 6.88. The minimum atomic E-state index is -0.788. The third-order valence-corrected chi connectivity index (χ3v) is 10.7. The van der Waals surface area contributed by atoms with Crippen molar-refractivity contribution in [1.29, 1.82) is 0 Å². The van der Waals surface area contributed by atoms with Crippen LogP contribution in [0.4, 0.5) is 0 Å². The van der Waals surface area contributed by atoms with E-state index in [1.54, 1.807) is 0 Å². The molecule has 0 fully saturated rings. The van der Waals surface area contributed by atoms with E-state index in [9.17, 15) is 14.4 Å². The highest BCUT2D eigenvalue weighted by atomic mass is 16.6. The first-order chi connectivity index (χ1) is 29.5. The highest BCUT2D eigenvalue weighted by molar-refractivity contribution is 5.71. The van der Waals surface area contributed by atoms with E-state index in [1.807, 2.05) is 0 Å². The van der Waals surface area contributed by atoms with Crippen molar-refractivity contribution in [2.45, 2.75) is 252 Å². The Hall–Kier alpha value is -2.89. The number of unbranched alkanes of at least 4 members (excludes halogenated alkanes) is 24. The number of esters is 3. The summed E-state index contributed by atoms with van der Waals surface area (Å²) >= 11 is 0. The third-order valence-electron chi connectivity index (χ3n) is 10.7. The minimum Gasteiger partial charge on any atom is -0.462 e. The molecule has 0 aliphatic carbocycles. The number of carbonyl (C=O) groups is 3. The number of ether oxygens (including phenoxy) is 3. The van der Waals surface area contributed by atoms with Crippen molar-refractivity contribution in [2.75, 3.05) is 13.2 Å². The number of rotatable bonds is 45. The molecule has 0 aromatic rings. The number of allylic oxidation sites excluding steroid dienone is 10. The lowest BCUT2D eigenvalue weighted by atomic mass is 10.0. The molecule has 60 heavy (non-hydrogen) atoms. The zero-order valence-corrected chi connectivity index (χ0v) is 39.5. The van der Waals surface area contributed by atoms with Gasteiger partial charge in [-0.2, -0.15) is 0 Å². The van der Waals surface area contributed by atoms with Crippen molar-refractivity contribution in [1.82, 2.24) is 0 Å². The molecule has 0 aliphatic heterocycles. The van der Waals surface area contributed by atoms with Crippen LogP contribution in [0.3, 0.4) is 0 Å². The monoisotopic (exact) mass is 839 g/mol. The Labute approximate surface area is 370 Å². The molecule has 6 nitrogen and oxygen atoms in total. The van der Waals surface area contributed by atoms with Gasteiger partial charge in [0, 0.05) is 19.3 Å². The molecule has 346 valence electrons. The number of hydrogen-bond donors (Lipinski definition) is 0. The molecular weight excluding hydrogens is 745 g/mol. The van der Waals surface area contributed by atoms with Crippen molar-refractivity contribution in [3.05, 3.63) is 60.8 Å². The summed E-state index contributed by atoms with van der Waals surface area (Å²) in [6, 6.07) is 0. The molecule has 0 unspecified atom stereocenters. The maximum atomic E-state index is 12.7. The van der Waals surface area contributed by atoms with E-state index in [4.69, 9.17) is 14.2 Å². The zero-order chi connectivity index (χ0) is 43.7. The van der Waals surface area contributed by atoms with Crippen LogP contribution >= 0.6 is 0 Å². The van der Waals surface area contributed by atoms with Crippen LogP contribution in [0.1, 0.15) is 245 Å². The molecular formula is C54H94O6. The Morgan fingerprint density at radius 3 is 1.05 bits per heavy atom. The van der Waals surface area contributed by atoms with E-state index >= 15 is 0 Å². The molecule has 0 N–H and O–H groups in total. The van der Waals surface area contributed by atoms with Gasteiger partial charge in [-0.1, -0.05) is 204 Å². The van der Waals surface area contributed by atoms with E-state index < -0.39 is 6.10 Å². The number of hydrogen-bond acceptors (Lipinski definition) is 6. The summed E-state index contributed by atoms with van der Waals surface area (Å²) in [6.07, 6.45) is 59.1. The predicted octanol–water partition coefficient (Wildman–Crippen LogP) is 16.5. The van der Waals surface area contributed by atoms with E-state index in [0.29, 0.717) is 19.3 Å². The fraction of sp³-hybridized carbons (Fsp3) is 0.759.